The largest absolute Gasteiger partial charge is 0.486 e. The van der Waals surface area contributed by atoms with Crippen LogP contribution in [0, 0.1) is 5.82 Å². The summed E-state index contributed by atoms with van der Waals surface area (Å²) in [5, 5.41) is -0.00952. The van der Waals surface area contributed by atoms with Gasteiger partial charge in [-0.3, -0.25) is 4.79 Å². The molecule has 2 rings (SSSR count). The summed E-state index contributed by atoms with van der Waals surface area (Å²) >= 11 is 5.61. The highest BCUT2D eigenvalue weighted by Crippen LogP contribution is 2.21. The van der Waals surface area contributed by atoms with Crippen molar-refractivity contribution in [1.29, 1.82) is 0 Å². The van der Waals surface area contributed by atoms with Crippen LogP contribution in [0.1, 0.15) is 16.2 Å². The zero-order valence-electron chi connectivity index (χ0n) is 9.14. The first-order valence-corrected chi connectivity index (χ1v) is 5.41. The Kier molecular flexibility index (Phi) is 3.84. The minimum atomic E-state index is -0.504. The van der Waals surface area contributed by atoms with Gasteiger partial charge in [-0.05, 0) is 12.1 Å². The number of nitrogens with zero attached hydrogens (tertiary/aromatic N) is 2. The molecule has 1 aromatic carbocycles. The summed E-state index contributed by atoms with van der Waals surface area (Å²) in [6.07, 6.45) is 3.46. The van der Waals surface area contributed by atoms with Crippen LogP contribution in [0.4, 0.5) is 4.39 Å². The molecule has 1 heterocycles. The summed E-state index contributed by atoms with van der Waals surface area (Å²) < 4.78 is 18.2. The first-order chi connectivity index (χ1) is 8.69. The average molecular weight is 267 g/mol. The van der Waals surface area contributed by atoms with Crippen LogP contribution in [0.5, 0.6) is 5.75 Å². The van der Waals surface area contributed by atoms with E-state index in [-0.39, 0.29) is 11.6 Å². The lowest BCUT2D eigenvalue weighted by Crippen LogP contribution is -2.02. The molecule has 18 heavy (non-hydrogen) atoms. The Labute approximate surface area is 107 Å². The summed E-state index contributed by atoms with van der Waals surface area (Å²) in [6.45, 7) is 0.112. The normalized spacial score (nSPS) is 10.1. The number of ether oxygens (including phenoxy) is 1. The second-order valence-electron chi connectivity index (χ2n) is 3.42. The van der Waals surface area contributed by atoms with Crippen molar-refractivity contribution in [2.24, 2.45) is 0 Å². The lowest BCUT2D eigenvalue weighted by molar-refractivity contribution is 0.112. The molecule has 0 saturated carbocycles. The Balaban J connectivity index is 2.01. The summed E-state index contributed by atoms with van der Waals surface area (Å²) in [4.78, 5) is 18.3. The molecular formula is C12H8ClFN2O2. The maximum absolute atomic E-state index is 12.9. The smallest absolute Gasteiger partial charge is 0.166 e. The van der Waals surface area contributed by atoms with Crippen molar-refractivity contribution in [3.05, 3.63) is 52.8 Å². The molecule has 0 bridgehead atoms. The maximum Gasteiger partial charge on any atom is 0.166 e. The predicted molar refractivity (Wildman–Crippen MR) is 63.2 cm³/mol. The fourth-order valence-electron chi connectivity index (χ4n) is 1.21. The van der Waals surface area contributed by atoms with Gasteiger partial charge in [-0.15, -0.1) is 0 Å². The SMILES string of the molecule is O=Cc1cnc(COc2ccc(F)c(Cl)c2)nc1. The van der Waals surface area contributed by atoms with E-state index in [0.717, 1.165) is 0 Å². The van der Waals surface area contributed by atoms with Crippen molar-refractivity contribution in [2.75, 3.05) is 0 Å². The van der Waals surface area contributed by atoms with Gasteiger partial charge in [0.15, 0.2) is 12.1 Å². The van der Waals surface area contributed by atoms with Crippen molar-refractivity contribution in [3.63, 3.8) is 0 Å². The van der Waals surface area contributed by atoms with Gasteiger partial charge in [-0.1, -0.05) is 11.6 Å². The minimum absolute atomic E-state index is 0.00952. The van der Waals surface area contributed by atoms with Gasteiger partial charge < -0.3 is 4.74 Å². The van der Waals surface area contributed by atoms with Crippen LogP contribution in [0.3, 0.4) is 0 Å². The first-order valence-electron chi connectivity index (χ1n) is 5.03. The highest BCUT2D eigenvalue weighted by atomic mass is 35.5. The number of rotatable bonds is 4. The van der Waals surface area contributed by atoms with E-state index in [4.69, 9.17) is 16.3 Å². The van der Waals surface area contributed by atoms with Crippen molar-refractivity contribution < 1.29 is 13.9 Å². The highest BCUT2D eigenvalue weighted by Gasteiger charge is 2.03. The summed E-state index contributed by atoms with van der Waals surface area (Å²) in [5.74, 6) is 0.334. The third-order valence-electron chi connectivity index (χ3n) is 2.12. The van der Waals surface area contributed by atoms with Crippen LogP contribution in [-0.2, 0) is 6.61 Å². The van der Waals surface area contributed by atoms with Gasteiger partial charge in [-0.2, -0.15) is 0 Å². The van der Waals surface area contributed by atoms with Gasteiger partial charge in [-0.25, -0.2) is 14.4 Å². The van der Waals surface area contributed by atoms with E-state index >= 15 is 0 Å². The Hall–Kier alpha value is -2.01. The quantitative estimate of drug-likeness (QED) is 0.799. The Morgan fingerprint density at radius 1 is 1.33 bits per heavy atom. The van der Waals surface area contributed by atoms with Gasteiger partial charge >= 0.3 is 0 Å². The number of aromatic nitrogens is 2. The predicted octanol–water partition coefficient (Wildman–Crippen LogP) is 2.66. The molecule has 0 unspecified atom stereocenters. The fourth-order valence-corrected chi connectivity index (χ4v) is 1.39. The third kappa shape index (κ3) is 3.01. The lowest BCUT2D eigenvalue weighted by atomic mass is 10.3. The van der Waals surface area contributed by atoms with Crippen LogP contribution in [-0.4, -0.2) is 16.3 Å². The number of hydrogen-bond donors (Lipinski definition) is 0. The number of benzene rings is 1. The monoisotopic (exact) mass is 266 g/mol. The molecule has 0 aliphatic carbocycles. The van der Waals surface area contributed by atoms with E-state index in [1.54, 1.807) is 0 Å². The number of carbonyl (C=O) groups is 1. The second-order valence-corrected chi connectivity index (χ2v) is 3.82. The molecule has 1 aromatic heterocycles. The van der Waals surface area contributed by atoms with Crippen molar-refractivity contribution in [2.45, 2.75) is 6.61 Å². The summed E-state index contributed by atoms with van der Waals surface area (Å²) in [7, 11) is 0. The molecule has 92 valence electrons. The molecular weight excluding hydrogens is 259 g/mol. The van der Waals surface area contributed by atoms with Crippen molar-refractivity contribution in [1.82, 2.24) is 9.97 Å². The van der Waals surface area contributed by atoms with Crippen molar-refractivity contribution >= 4 is 17.9 Å². The Morgan fingerprint density at radius 2 is 2.06 bits per heavy atom. The average Bonchev–Trinajstić information content (AvgIpc) is 2.41. The topological polar surface area (TPSA) is 52.1 Å². The first kappa shape index (κ1) is 12.4. The van der Waals surface area contributed by atoms with E-state index in [1.807, 2.05) is 0 Å². The Bertz CT molecular complexity index is 561. The molecule has 2 aromatic rings. The zero-order valence-corrected chi connectivity index (χ0v) is 9.89. The highest BCUT2D eigenvalue weighted by molar-refractivity contribution is 6.30. The fraction of sp³-hybridized carbons (Fsp3) is 0.0833. The van der Waals surface area contributed by atoms with Crippen LogP contribution < -0.4 is 4.74 Å². The van der Waals surface area contributed by atoms with Gasteiger partial charge in [0.2, 0.25) is 0 Å². The molecule has 0 fully saturated rings. The Morgan fingerprint density at radius 3 is 2.67 bits per heavy atom. The van der Waals surface area contributed by atoms with Gasteiger partial charge in [0.25, 0.3) is 0 Å². The third-order valence-corrected chi connectivity index (χ3v) is 2.41. The molecule has 0 spiro atoms. The number of aldehydes is 1. The summed E-state index contributed by atoms with van der Waals surface area (Å²) in [5.41, 5.74) is 0.392. The lowest BCUT2D eigenvalue weighted by Gasteiger charge is -2.05. The van der Waals surface area contributed by atoms with Crippen LogP contribution in [0.25, 0.3) is 0 Å². The number of hydrogen-bond acceptors (Lipinski definition) is 4. The standard InChI is InChI=1S/C12H8ClFN2O2/c13-10-3-9(1-2-11(10)14)18-7-12-15-4-8(6-17)5-16-12/h1-6H,7H2. The molecule has 4 nitrogen and oxygen atoms in total. The van der Waals surface area contributed by atoms with E-state index in [0.29, 0.717) is 23.4 Å². The molecule has 0 amide bonds. The van der Waals surface area contributed by atoms with Gasteiger partial charge in [0.1, 0.15) is 18.2 Å². The number of halogens is 2. The molecule has 0 radical (unpaired) electrons. The van der Waals surface area contributed by atoms with E-state index in [2.05, 4.69) is 9.97 Å². The molecule has 0 saturated heterocycles. The second kappa shape index (κ2) is 5.55. The van der Waals surface area contributed by atoms with Crippen LogP contribution in [0.15, 0.2) is 30.6 Å². The number of carbonyl (C=O) groups excluding carboxylic acids is 1. The molecule has 0 atom stereocenters. The van der Waals surface area contributed by atoms with Crippen molar-refractivity contribution in [3.8, 4) is 5.75 Å². The van der Waals surface area contributed by atoms with Crippen LogP contribution in [0.2, 0.25) is 5.02 Å². The minimum Gasteiger partial charge on any atom is -0.486 e. The maximum atomic E-state index is 12.9. The van der Waals surface area contributed by atoms with E-state index < -0.39 is 5.82 Å². The molecule has 0 N–H and O–H groups in total. The van der Waals surface area contributed by atoms with Gasteiger partial charge in [0, 0.05) is 18.5 Å². The summed E-state index contributed by atoms with van der Waals surface area (Å²) in [6, 6.07) is 4.05. The molecule has 0 aliphatic heterocycles. The molecule has 0 aliphatic rings. The van der Waals surface area contributed by atoms with Gasteiger partial charge in [0.05, 0.1) is 10.6 Å². The van der Waals surface area contributed by atoms with E-state index in [1.165, 1.54) is 30.6 Å². The molecule has 6 heteroatoms. The van der Waals surface area contributed by atoms with Crippen LogP contribution >= 0.6 is 11.6 Å². The zero-order chi connectivity index (χ0) is 13.0. The van der Waals surface area contributed by atoms with E-state index in [9.17, 15) is 9.18 Å².